The summed E-state index contributed by atoms with van der Waals surface area (Å²) in [7, 11) is 3.57. The number of halogens is 1. The summed E-state index contributed by atoms with van der Waals surface area (Å²) in [4.78, 5) is 20.5. The molecule has 1 atom stereocenters. The molecule has 35 heavy (non-hydrogen) atoms. The van der Waals surface area contributed by atoms with E-state index < -0.39 is 5.82 Å². The molecule has 1 saturated heterocycles. The van der Waals surface area contributed by atoms with Crippen LogP contribution in [0.5, 0.6) is 5.75 Å². The van der Waals surface area contributed by atoms with E-state index in [2.05, 4.69) is 11.4 Å². The maximum absolute atomic E-state index is 14.8. The SMILES string of the molecule is CN(CC1CCNC1)c1nc(-c2ccc(C#N)cc2)c(-c2ccc(OCCO)c(F)c2)c(=O)n1C. The van der Waals surface area contributed by atoms with Gasteiger partial charge in [-0.2, -0.15) is 5.26 Å². The Morgan fingerprint density at radius 1 is 1.29 bits per heavy atom. The number of aliphatic hydroxyl groups excluding tert-OH is 1. The van der Waals surface area contributed by atoms with Crippen molar-refractivity contribution in [3.63, 3.8) is 0 Å². The van der Waals surface area contributed by atoms with Crippen molar-refractivity contribution < 1.29 is 14.2 Å². The van der Waals surface area contributed by atoms with Crippen molar-refractivity contribution in [3.05, 3.63) is 64.2 Å². The van der Waals surface area contributed by atoms with Crippen LogP contribution in [-0.4, -0.2) is 54.6 Å². The lowest BCUT2D eigenvalue weighted by Crippen LogP contribution is -2.34. The first-order valence-electron chi connectivity index (χ1n) is 11.5. The Hall–Kier alpha value is -3.74. The molecule has 1 aromatic heterocycles. The molecule has 182 valence electrons. The molecule has 1 fully saturated rings. The van der Waals surface area contributed by atoms with Gasteiger partial charge in [-0.1, -0.05) is 18.2 Å². The lowest BCUT2D eigenvalue weighted by atomic mass is 9.99. The highest BCUT2D eigenvalue weighted by Gasteiger charge is 2.23. The first-order chi connectivity index (χ1) is 16.9. The fourth-order valence-corrected chi connectivity index (χ4v) is 4.37. The zero-order valence-corrected chi connectivity index (χ0v) is 19.8. The number of nitrogens with zero attached hydrogens (tertiary/aromatic N) is 4. The summed E-state index contributed by atoms with van der Waals surface area (Å²) >= 11 is 0. The highest BCUT2D eigenvalue weighted by Crippen LogP contribution is 2.32. The highest BCUT2D eigenvalue weighted by molar-refractivity contribution is 5.81. The van der Waals surface area contributed by atoms with Crippen molar-refractivity contribution in [2.75, 3.05) is 44.8 Å². The molecule has 0 bridgehead atoms. The third-order valence-electron chi connectivity index (χ3n) is 6.16. The van der Waals surface area contributed by atoms with Gasteiger partial charge in [0.2, 0.25) is 5.95 Å². The van der Waals surface area contributed by atoms with Gasteiger partial charge in [-0.25, -0.2) is 9.37 Å². The molecule has 2 N–H and O–H groups in total. The number of hydrogen-bond donors (Lipinski definition) is 2. The van der Waals surface area contributed by atoms with Crippen LogP contribution >= 0.6 is 0 Å². The lowest BCUT2D eigenvalue weighted by molar-refractivity contribution is 0.196. The normalized spacial score (nSPS) is 15.1. The van der Waals surface area contributed by atoms with Gasteiger partial charge in [-0.3, -0.25) is 9.36 Å². The molecule has 1 aliphatic rings. The third kappa shape index (κ3) is 5.19. The molecule has 2 aromatic carbocycles. The minimum Gasteiger partial charge on any atom is -0.488 e. The second kappa shape index (κ2) is 10.7. The molecular weight excluding hydrogens is 449 g/mol. The summed E-state index contributed by atoms with van der Waals surface area (Å²) in [5.41, 5.74) is 1.85. The Balaban J connectivity index is 1.84. The van der Waals surface area contributed by atoms with Gasteiger partial charge in [0.1, 0.15) is 6.61 Å². The third-order valence-corrected chi connectivity index (χ3v) is 6.16. The van der Waals surface area contributed by atoms with Crippen LogP contribution in [0.2, 0.25) is 0 Å². The predicted molar refractivity (Wildman–Crippen MR) is 132 cm³/mol. The molecule has 0 amide bonds. The van der Waals surface area contributed by atoms with E-state index in [1.807, 2.05) is 11.9 Å². The molecule has 4 rings (SSSR count). The van der Waals surface area contributed by atoms with Crippen LogP contribution in [0.3, 0.4) is 0 Å². The summed E-state index contributed by atoms with van der Waals surface area (Å²) in [6, 6.07) is 13.2. The van der Waals surface area contributed by atoms with Crippen LogP contribution in [0, 0.1) is 23.1 Å². The molecule has 0 radical (unpaired) electrons. The molecule has 8 nitrogen and oxygen atoms in total. The monoisotopic (exact) mass is 477 g/mol. The molecule has 1 unspecified atom stereocenters. The maximum atomic E-state index is 14.8. The van der Waals surface area contributed by atoms with E-state index in [4.69, 9.17) is 14.8 Å². The number of hydrogen-bond acceptors (Lipinski definition) is 7. The molecule has 1 aliphatic heterocycles. The van der Waals surface area contributed by atoms with Gasteiger partial charge >= 0.3 is 0 Å². The van der Waals surface area contributed by atoms with Crippen LogP contribution in [0.15, 0.2) is 47.3 Å². The first-order valence-corrected chi connectivity index (χ1v) is 11.5. The number of anilines is 1. The van der Waals surface area contributed by atoms with Crippen LogP contribution in [0.4, 0.5) is 10.3 Å². The maximum Gasteiger partial charge on any atom is 0.263 e. The van der Waals surface area contributed by atoms with Crippen molar-refractivity contribution in [3.8, 4) is 34.2 Å². The molecule has 3 aromatic rings. The predicted octanol–water partition coefficient (Wildman–Crippen LogP) is 2.54. The number of ether oxygens (including phenoxy) is 1. The zero-order valence-electron chi connectivity index (χ0n) is 19.8. The Morgan fingerprint density at radius 2 is 2.03 bits per heavy atom. The van der Waals surface area contributed by atoms with Gasteiger partial charge in [0.05, 0.1) is 29.5 Å². The average molecular weight is 478 g/mol. The zero-order chi connectivity index (χ0) is 24.9. The van der Waals surface area contributed by atoms with E-state index in [0.29, 0.717) is 34.3 Å². The van der Waals surface area contributed by atoms with Gasteiger partial charge < -0.3 is 20.1 Å². The van der Waals surface area contributed by atoms with E-state index >= 15 is 0 Å². The Bertz CT molecular complexity index is 1290. The van der Waals surface area contributed by atoms with E-state index in [1.165, 1.54) is 16.7 Å². The van der Waals surface area contributed by atoms with Crippen molar-refractivity contribution in [1.82, 2.24) is 14.9 Å². The van der Waals surface area contributed by atoms with Gasteiger partial charge in [0.15, 0.2) is 11.6 Å². The van der Waals surface area contributed by atoms with Gasteiger partial charge in [-0.15, -0.1) is 0 Å². The van der Waals surface area contributed by atoms with Gasteiger partial charge in [0.25, 0.3) is 5.56 Å². The van der Waals surface area contributed by atoms with Crippen molar-refractivity contribution in [1.29, 1.82) is 5.26 Å². The van der Waals surface area contributed by atoms with E-state index in [0.717, 1.165) is 26.1 Å². The molecule has 0 aliphatic carbocycles. The minimum absolute atomic E-state index is 0.00553. The average Bonchev–Trinajstić information content (AvgIpc) is 3.38. The largest absolute Gasteiger partial charge is 0.488 e. The van der Waals surface area contributed by atoms with E-state index in [1.54, 1.807) is 37.4 Å². The number of aliphatic hydroxyl groups is 1. The fraction of sp³-hybridized carbons (Fsp3) is 0.346. The quantitative estimate of drug-likeness (QED) is 0.514. The summed E-state index contributed by atoms with van der Waals surface area (Å²) in [6.45, 7) is 2.37. The Kier molecular flexibility index (Phi) is 7.44. The highest BCUT2D eigenvalue weighted by atomic mass is 19.1. The molecule has 0 spiro atoms. The van der Waals surface area contributed by atoms with Crippen LogP contribution in [0.25, 0.3) is 22.4 Å². The summed E-state index contributed by atoms with van der Waals surface area (Å²) in [6.07, 6.45) is 1.06. The molecule has 0 saturated carbocycles. The number of benzene rings is 2. The second-order valence-corrected chi connectivity index (χ2v) is 8.65. The molecule has 2 heterocycles. The number of nitrogens with one attached hydrogen (secondary N) is 1. The summed E-state index contributed by atoms with van der Waals surface area (Å²) in [5, 5.41) is 21.5. The topological polar surface area (TPSA) is 103 Å². The van der Waals surface area contributed by atoms with Crippen LogP contribution in [-0.2, 0) is 7.05 Å². The Labute approximate surface area is 203 Å². The fourth-order valence-electron chi connectivity index (χ4n) is 4.37. The smallest absolute Gasteiger partial charge is 0.263 e. The number of aromatic nitrogens is 2. The standard InChI is InChI=1S/C26H28FN5O3/c1-31(16-18-9-10-29-15-18)26-30-24(19-5-3-17(14-28)4-6-19)23(25(34)32(26)2)20-7-8-22(21(27)13-20)35-12-11-33/h3-8,13,18,29,33H,9-12,15-16H2,1-2H3. The van der Waals surface area contributed by atoms with Crippen molar-refractivity contribution in [2.24, 2.45) is 13.0 Å². The van der Waals surface area contributed by atoms with Gasteiger partial charge in [0, 0.05) is 26.2 Å². The molecular formula is C26H28FN5O3. The van der Waals surface area contributed by atoms with E-state index in [-0.39, 0.29) is 30.1 Å². The van der Waals surface area contributed by atoms with Crippen LogP contribution in [0.1, 0.15) is 12.0 Å². The number of nitriles is 1. The summed E-state index contributed by atoms with van der Waals surface area (Å²) in [5.74, 6) is 0.316. The number of rotatable bonds is 8. The first kappa shape index (κ1) is 24.4. The Morgan fingerprint density at radius 3 is 2.66 bits per heavy atom. The van der Waals surface area contributed by atoms with Gasteiger partial charge in [-0.05, 0) is 55.3 Å². The van der Waals surface area contributed by atoms with Crippen molar-refractivity contribution in [2.45, 2.75) is 6.42 Å². The van der Waals surface area contributed by atoms with Crippen LogP contribution < -0.4 is 20.5 Å². The minimum atomic E-state index is -0.640. The van der Waals surface area contributed by atoms with E-state index in [9.17, 15) is 14.4 Å². The molecule has 9 heteroatoms. The lowest BCUT2D eigenvalue weighted by Gasteiger charge is -2.25. The summed E-state index contributed by atoms with van der Waals surface area (Å²) < 4.78 is 21.5. The van der Waals surface area contributed by atoms with Crippen molar-refractivity contribution >= 4 is 5.95 Å². The second-order valence-electron chi connectivity index (χ2n) is 8.65.